The van der Waals surface area contributed by atoms with Gasteiger partial charge in [-0.2, -0.15) is 0 Å². The van der Waals surface area contributed by atoms with Gasteiger partial charge >= 0.3 is 6.03 Å². The van der Waals surface area contributed by atoms with Gasteiger partial charge in [-0.15, -0.1) is 0 Å². The monoisotopic (exact) mass is 430 g/mol. The van der Waals surface area contributed by atoms with Crippen LogP contribution < -0.4 is 21.3 Å². The van der Waals surface area contributed by atoms with E-state index >= 15 is 0 Å². The van der Waals surface area contributed by atoms with Crippen LogP contribution in [0.4, 0.5) is 21.9 Å². The fraction of sp³-hybridized carbons (Fsp3) is 0.160. The first kappa shape index (κ1) is 22.6. The molecule has 0 aliphatic rings. The molecular weight excluding hydrogens is 404 g/mol. The molecule has 32 heavy (non-hydrogen) atoms. The standard InChI is InChI=1S/C25H26N4O3/c1-17-11-13-19(14-12-17)23(26-18(2)30)16-24(31)27-21-9-6-10-22(15-21)29-25(32)28-20-7-4-3-5-8-20/h3-15,23H,16H2,1-2H3,(H,26,30)(H,27,31)(H2,28,29,32)/t23-/m1/s1. The number of aryl methyl sites for hydroxylation is 1. The Bertz CT molecular complexity index is 1080. The van der Waals surface area contributed by atoms with Crippen molar-refractivity contribution in [3.8, 4) is 0 Å². The van der Waals surface area contributed by atoms with Crippen molar-refractivity contribution in [3.05, 3.63) is 90.0 Å². The largest absolute Gasteiger partial charge is 0.349 e. The van der Waals surface area contributed by atoms with Crippen molar-refractivity contribution in [2.24, 2.45) is 0 Å². The number of urea groups is 1. The maximum Gasteiger partial charge on any atom is 0.323 e. The van der Waals surface area contributed by atoms with Gasteiger partial charge in [0.1, 0.15) is 0 Å². The highest BCUT2D eigenvalue weighted by Gasteiger charge is 2.17. The lowest BCUT2D eigenvalue weighted by Crippen LogP contribution is -2.29. The summed E-state index contributed by atoms with van der Waals surface area (Å²) in [6.45, 7) is 3.40. The number of para-hydroxylation sites is 1. The Morgan fingerprint density at radius 3 is 2.00 bits per heavy atom. The number of benzene rings is 3. The first-order valence-corrected chi connectivity index (χ1v) is 10.3. The zero-order valence-electron chi connectivity index (χ0n) is 18.0. The minimum atomic E-state index is -0.439. The average Bonchev–Trinajstić information content (AvgIpc) is 2.74. The van der Waals surface area contributed by atoms with Gasteiger partial charge in [0.15, 0.2) is 0 Å². The van der Waals surface area contributed by atoms with Crippen molar-refractivity contribution in [2.75, 3.05) is 16.0 Å². The molecule has 0 bridgehead atoms. The molecule has 0 spiro atoms. The van der Waals surface area contributed by atoms with Gasteiger partial charge in [-0.05, 0) is 42.8 Å². The van der Waals surface area contributed by atoms with E-state index in [1.165, 1.54) is 6.92 Å². The number of carbonyl (C=O) groups is 3. The summed E-state index contributed by atoms with van der Waals surface area (Å²) in [5, 5.41) is 11.1. The van der Waals surface area contributed by atoms with E-state index in [9.17, 15) is 14.4 Å². The number of anilines is 3. The fourth-order valence-corrected chi connectivity index (χ4v) is 3.18. The van der Waals surface area contributed by atoms with Gasteiger partial charge in [-0.1, -0.05) is 54.1 Å². The molecule has 0 aliphatic heterocycles. The van der Waals surface area contributed by atoms with Crippen LogP contribution in [0.3, 0.4) is 0 Å². The molecule has 0 unspecified atom stereocenters. The van der Waals surface area contributed by atoms with Crippen molar-refractivity contribution in [3.63, 3.8) is 0 Å². The van der Waals surface area contributed by atoms with Gasteiger partial charge in [0.2, 0.25) is 11.8 Å². The average molecular weight is 431 g/mol. The second kappa shape index (κ2) is 10.8. The number of nitrogens with one attached hydrogen (secondary N) is 4. The van der Waals surface area contributed by atoms with Crippen LogP contribution in [0.25, 0.3) is 0 Å². The Hall–Kier alpha value is -4.13. The molecule has 4 N–H and O–H groups in total. The molecule has 0 radical (unpaired) electrons. The predicted octanol–water partition coefficient (Wildman–Crippen LogP) is 4.85. The Morgan fingerprint density at radius 2 is 1.34 bits per heavy atom. The summed E-state index contributed by atoms with van der Waals surface area (Å²) in [5.74, 6) is -0.464. The quantitative estimate of drug-likeness (QED) is 0.431. The van der Waals surface area contributed by atoms with Crippen LogP contribution in [0.2, 0.25) is 0 Å². The van der Waals surface area contributed by atoms with Gasteiger partial charge in [0.25, 0.3) is 0 Å². The van der Waals surface area contributed by atoms with Gasteiger partial charge in [0, 0.05) is 24.0 Å². The highest BCUT2D eigenvalue weighted by molar-refractivity contribution is 6.00. The van der Waals surface area contributed by atoms with Crippen LogP contribution >= 0.6 is 0 Å². The van der Waals surface area contributed by atoms with Crippen molar-refractivity contribution in [2.45, 2.75) is 26.3 Å². The number of hydrogen-bond donors (Lipinski definition) is 4. The SMILES string of the molecule is CC(=O)N[C@H](CC(=O)Nc1cccc(NC(=O)Nc2ccccc2)c1)c1ccc(C)cc1. The summed E-state index contributed by atoms with van der Waals surface area (Å²) >= 11 is 0. The summed E-state index contributed by atoms with van der Waals surface area (Å²) in [6, 6.07) is 22.8. The highest BCUT2D eigenvalue weighted by Crippen LogP contribution is 2.20. The molecule has 7 nitrogen and oxygen atoms in total. The maximum absolute atomic E-state index is 12.7. The topological polar surface area (TPSA) is 99.3 Å². The van der Waals surface area contributed by atoms with Crippen molar-refractivity contribution in [1.29, 1.82) is 0 Å². The van der Waals surface area contributed by atoms with Gasteiger partial charge in [-0.25, -0.2) is 4.79 Å². The lowest BCUT2D eigenvalue weighted by Gasteiger charge is -2.18. The molecule has 1 atom stereocenters. The summed E-state index contributed by atoms with van der Waals surface area (Å²) < 4.78 is 0. The van der Waals surface area contributed by atoms with Crippen LogP contribution in [0.1, 0.15) is 30.5 Å². The van der Waals surface area contributed by atoms with E-state index in [4.69, 9.17) is 0 Å². The molecule has 3 rings (SSSR count). The minimum absolute atomic E-state index is 0.0782. The molecule has 164 valence electrons. The number of amides is 4. The Kier molecular flexibility index (Phi) is 7.59. The Balaban J connectivity index is 1.61. The summed E-state index contributed by atoms with van der Waals surface area (Å²) in [4.78, 5) is 36.5. The van der Waals surface area contributed by atoms with Crippen molar-refractivity contribution in [1.82, 2.24) is 5.32 Å². The lowest BCUT2D eigenvalue weighted by atomic mass is 10.0. The minimum Gasteiger partial charge on any atom is -0.349 e. The molecule has 3 aromatic rings. The third-order valence-corrected chi connectivity index (χ3v) is 4.68. The third kappa shape index (κ3) is 6.98. The first-order chi connectivity index (χ1) is 15.4. The van der Waals surface area contributed by atoms with Crippen molar-refractivity contribution < 1.29 is 14.4 Å². The Morgan fingerprint density at radius 1 is 0.750 bits per heavy atom. The third-order valence-electron chi connectivity index (χ3n) is 4.68. The van der Waals surface area contributed by atoms with Crippen LogP contribution in [-0.2, 0) is 9.59 Å². The molecule has 0 heterocycles. The molecule has 4 amide bonds. The highest BCUT2D eigenvalue weighted by atomic mass is 16.2. The fourth-order valence-electron chi connectivity index (χ4n) is 3.18. The number of carbonyl (C=O) groups excluding carboxylic acids is 3. The maximum atomic E-state index is 12.7. The Labute approximate surface area is 187 Å². The number of rotatable bonds is 7. The normalized spacial score (nSPS) is 11.2. The zero-order chi connectivity index (χ0) is 22.9. The molecule has 0 fully saturated rings. The summed E-state index contributed by atoms with van der Waals surface area (Å²) in [5.41, 5.74) is 3.70. The van der Waals surface area contributed by atoms with Gasteiger partial charge in [-0.3, -0.25) is 9.59 Å². The van der Waals surface area contributed by atoms with E-state index in [1.807, 2.05) is 49.4 Å². The molecule has 0 saturated heterocycles. The second-order valence-corrected chi connectivity index (χ2v) is 7.44. The van der Waals surface area contributed by atoms with Crippen LogP contribution in [-0.4, -0.2) is 17.8 Å². The van der Waals surface area contributed by atoms with E-state index < -0.39 is 6.04 Å². The van der Waals surface area contributed by atoms with E-state index in [2.05, 4.69) is 21.3 Å². The second-order valence-electron chi connectivity index (χ2n) is 7.44. The number of hydrogen-bond acceptors (Lipinski definition) is 3. The van der Waals surface area contributed by atoms with Crippen LogP contribution in [0.15, 0.2) is 78.9 Å². The molecule has 7 heteroatoms. The first-order valence-electron chi connectivity index (χ1n) is 10.3. The van der Waals surface area contributed by atoms with Crippen LogP contribution in [0.5, 0.6) is 0 Å². The van der Waals surface area contributed by atoms with E-state index in [0.29, 0.717) is 17.1 Å². The lowest BCUT2D eigenvalue weighted by molar-refractivity contribution is -0.120. The van der Waals surface area contributed by atoms with Crippen molar-refractivity contribution >= 4 is 34.9 Å². The van der Waals surface area contributed by atoms with E-state index in [0.717, 1.165) is 11.1 Å². The molecule has 3 aromatic carbocycles. The van der Waals surface area contributed by atoms with Gasteiger partial charge < -0.3 is 21.3 Å². The molecule has 0 aliphatic carbocycles. The van der Waals surface area contributed by atoms with E-state index in [1.54, 1.807) is 36.4 Å². The molecular formula is C25H26N4O3. The van der Waals surface area contributed by atoms with Crippen LogP contribution in [0, 0.1) is 6.92 Å². The summed E-state index contributed by atoms with van der Waals surface area (Å²) in [6.07, 6.45) is 0.0782. The zero-order valence-corrected chi connectivity index (χ0v) is 18.0. The molecule has 0 saturated carbocycles. The van der Waals surface area contributed by atoms with E-state index in [-0.39, 0.29) is 24.3 Å². The summed E-state index contributed by atoms with van der Waals surface area (Å²) in [7, 11) is 0. The molecule has 0 aromatic heterocycles. The van der Waals surface area contributed by atoms with Gasteiger partial charge in [0.05, 0.1) is 12.5 Å². The smallest absolute Gasteiger partial charge is 0.323 e. The predicted molar refractivity (Wildman–Crippen MR) is 127 cm³/mol.